The van der Waals surface area contributed by atoms with Crippen molar-refractivity contribution in [2.75, 3.05) is 5.32 Å². The summed E-state index contributed by atoms with van der Waals surface area (Å²) in [6, 6.07) is 5.75. The van der Waals surface area contributed by atoms with E-state index in [-0.39, 0.29) is 5.56 Å². The lowest BCUT2D eigenvalue weighted by atomic mass is 10.2. The molecule has 2 N–H and O–H groups in total. The molecule has 2 heterocycles. The Balaban J connectivity index is 1.87. The second-order valence-electron chi connectivity index (χ2n) is 5.25. The Morgan fingerprint density at radius 2 is 2.05 bits per heavy atom. The quantitative estimate of drug-likeness (QED) is 0.778. The van der Waals surface area contributed by atoms with Crippen LogP contribution < -0.4 is 10.9 Å². The first kappa shape index (κ1) is 14.6. The third-order valence-electron chi connectivity index (χ3n) is 3.64. The van der Waals surface area contributed by atoms with Crippen LogP contribution in [-0.2, 0) is 6.54 Å². The van der Waals surface area contributed by atoms with Gasteiger partial charge in [0.1, 0.15) is 5.82 Å². The van der Waals surface area contributed by atoms with Gasteiger partial charge in [0, 0.05) is 22.0 Å². The average molecular weight is 318 g/mol. The maximum absolute atomic E-state index is 12.1. The molecule has 114 valence electrons. The SMILES string of the molecule is Cc1ccc(NCc2nc3nc(C)c(C)c(=O)n3[nH]2)cc1Cl. The van der Waals surface area contributed by atoms with Gasteiger partial charge in [0.05, 0.1) is 6.54 Å². The third-order valence-corrected chi connectivity index (χ3v) is 4.05. The summed E-state index contributed by atoms with van der Waals surface area (Å²) in [5.74, 6) is 1.01. The van der Waals surface area contributed by atoms with Gasteiger partial charge in [-0.15, -0.1) is 0 Å². The van der Waals surface area contributed by atoms with E-state index in [1.54, 1.807) is 13.8 Å². The molecule has 0 atom stereocenters. The van der Waals surface area contributed by atoms with Gasteiger partial charge in [0.15, 0.2) is 0 Å². The van der Waals surface area contributed by atoms with Gasteiger partial charge in [0.25, 0.3) is 11.3 Å². The van der Waals surface area contributed by atoms with Crippen LogP contribution in [0.4, 0.5) is 5.69 Å². The van der Waals surface area contributed by atoms with Crippen molar-refractivity contribution in [2.24, 2.45) is 0 Å². The van der Waals surface area contributed by atoms with E-state index in [4.69, 9.17) is 11.6 Å². The summed E-state index contributed by atoms with van der Waals surface area (Å²) in [6.45, 7) is 5.95. The monoisotopic (exact) mass is 317 g/mol. The summed E-state index contributed by atoms with van der Waals surface area (Å²) in [4.78, 5) is 20.8. The standard InChI is InChI=1S/C15H16ClN5O/c1-8-4-5-11(6-12(8)16)17-7-13-19-15-18-10(3)9(2)14(22)21(15)20-13/h4-6,17H,7H2,1-3H3,(H,18,19,20). The fourth-order valence-corrected chi connectivity index (χ4v) is 2.30. The average Bonchev–Trinajstić information content (AvgIpc) is 2.89. The zero-order valence-electron chi connectivity index (χ0n) is 12.6. The molecule has 0 spiro atoms. The van der Waals surface area contributed by atoms with E-state index in [1.165, 1.54) is 4.52 Å². The summed E-state index contributed by atoms with van der Waals surface area (Å²) in [7, 11) is 0. The molecule has 0 amide bonds. The Morgan fingerprint density at radius 1 is 1.27 bits per heavy atom. The number of halogens is 1. The van der Waals surface area contributed by atoms with Crippen molar-refractivity contribution in [1.82, 2.24) is 19.6 Å². The third kappa shape index (κ3) is 2.57. The number of nitrogens with one attached hydrogen (secondary N) is 2. The fraction of sp³-hybridized carbons (Fsp3) is 0.267. The summed E-state index contributed by atoms with van der Waals surface area (Å²) in [5.41, 5.74) is 3.10. The van der Waals surface area contributed by atoms with Crippen molar-refractivity contribution in [3.63, 3.8) is 0 Å². The molecule has 0 aliphatic heterocycles. The van der Waals surface area contributed by atoms with Crippen LogP contribution in [0.3, 0.4) is 0 Å². The van der Waals surface area contributed by atoms with Gasteiger partial charge in [0.2, 0.25) is 0 Å². The van der Waals surface area contributed by atoms with Crippen molar-refractivity contribution in [3.8, 4) is 0 Å². The number of H-pyrrole nitrogens is 1. The largest absolute Gasteiger partial charge is 0.378 e. The van der Waals surface area contributed by atoms with Crippen molar-refractivity contribution < 1.29 is 0 Å². The van der Waals surface area contributed by atoms with Crippen LogP contribution in [0.5, 0.6) is 0 Å². The van der Waals surface area contributed by atoms with Crippen LogP contribution in [-0.4, -0.2) is 19.6 Å². The highest BCUT2D eigenvalue weighted by Gasteiger charge is 2.10. The molecule has 6 nitrogen and oxygen atoms in total. The molecule has 22 heavy (non-hydrogen) atoms. The highest BCUT2D eigenvalue weighted by molar-refractivity contribution is 6.31. The maximum Gasteiger partial charge on any atom is 0.277 e. The number of aromatic nitrogens is 4. The van der Waals surface area contributed by atoms with E-state index in [0.717, 1.165) is 11.3 Å². The van der Waals surface area contributed by atoms with E-state index in [2.05, 4.69) is 20.4 Å². The number of aromatic amines is 1. The van der Waals surface area contributed by atoms with Crippen LogP contribution in [0.15, 0.2) is 23.0 Å². The lowest BCUT2D eigenvalue weighted by molar-refractivity contribution is 0.841. The highest BCUT2D eigenvalue weighted by Crippen LogP contribution is 2.20. The van der Waals surface area contributed by atoms with Gasteiger partial charge < -0.3 is 5.32 Å². The maximum atomic E-state index is 12.1. The number of benzene rings is 1. The number of rotatable bonds is 3. The first-order valence-corrected chi connectivity index (χ1v) is 7.28. The van der Waals surface area contributed by atoms with Crippen LogP contribution in [0.25, 0.3) is 5.78 Å². The first-order chi connectivity index (χ1) is 10.5. The predicted molar refractivity (Wildman–Crippen MR) is 86.6 cm³/mol. The summed E-state index contributed by atoms with van der Waals surface area (Å²) >= 11 is 6.10. The number of hydrogen-bond donors (Lipinski definition) is 2. The van der Waals surface area contributed by atoms with Crippen LogP contribution in [0, 0.1) is 20.8 Å². The minimum absolute atomic E-state index is 0.125. The topological polar surface area (TPSA) is 75.1 Å². The van der Waals surface area contributed by atoms with Crippen molar-refractivity contribution in [2.45, 2.75) is 27.3 Å². The molecule has 2 aromatic heterocycles. The summed E-state index contributed by atoms with van der Waals surface area (Å²) < 4.78 is 1.36. The van der Waals surface area contributed by atoms with Gasteiger partial charge in [-0.3, -0.25) is 9.89 Å². The Bertz CT molecular complexity index is 912. The zero-order valence-corrected chi connectivity index (χ0v) is 13.3. The molecule has 0 saturated heterocycles. The summed E-state index contributed by atoms with van der Waals surface area (Å²) in [6.07, 6.45) is 0. The van der Waals surface area contributed by atoms with E-state index in [9.17, 15) is 4.79 Å². The molecule has 7 heteroatoms. The van der Waals surface area contributed by atoms with Gasteiger partial charge in [-0.1, -0.05) is 17.7 Å². The predicted octanol–water partition coefficient (Wildman–Crippen LogP) is 2.61. The molecular weight excluding hydrogens is 302 g/mol. The highest BCUT2D eigenvalue weighted by atomic mass is 35.5. The molecule has 0 bridgehead atoms. The Morgan fingerprint density at radius 3 is 2.77 bits per heavy atom. The zero-order chi connectivity index (χ0) is 15.9. The van der Waals surface area contributed by atoms with Crippen molar-refractivity contribution in [3.05, 3.63) is 56.2 Å². The fourth-order valence-electron chi connectivity index (χ4n) is 2.12. The van der Waals surface area contributed by atoms with Crippen LogP contribution in [0.1, 0.15) is 22.6 Å². The molecule has 0 unspecified atom stereocenters. The second kappa shape index (κ2) is 5.46. The van der Waals surface area contributed by atoms with Crippen molar-refractivity contribution in [1.29, 1.82) is 0 Å². The molecule has 0 fully saturated rings. The first-order valence-electron chi connectivity index (χ1n) is 6.90. The number of fused-ring (bicyclic) bond motifs is 1. The van der Waals surface area contributed by atoms with E-state index < -0.39 is 0 Å². The van der Waals surface area contributed by atoms with E-state index >= 15 is 0 Å². The Hall–Kier alpha value is -2.34. The second-order valence-corrected chi connectivity index (χ2v) is 5.66. The van der Waals surface area contributed by atoms with Crippen LogP contribution >= 0.6 is 11.6 Å². The Kier molecular flexibility index (Phi) is 3.62. The Labute approximate surface area is 132 Å². The molecular formula is C15H16ClN5O. The molecule has 0 saturated carbocycles. The molecule has 0 radical (unpaired) electrons. The van der Waals surface area contributed by atoms with Gasteiger partial charge in [-0.25, -0.2) is 4.98 Å². The smallest absolute Gasteiger partial charge is 0.277 e. The van der Waals surface area contributed by atoms with Crippen LogP contribution in [0.2, 0.25) is 5.02 Å². The van der Waals surface area contributed by atoms with Gasteiger partial charge in [-0.05, 0) is 38.5 Å². The molecule has 3 rings (SSSR count). The lowest BCUT2D eigenvalue weighted by Crippen LogP contribution is -2.19. The van der Waals surface area contributed by atoms with E-state index in [1.807, 2.05) is 25.1 Å². The minimum atomic E-state index is -0.125. The number of hydrogen-bond acceptors (Lipinski definition) is 4. The van der Waals surface area contributed by atoms with Gasteiger partial charge in [-0.2, -0.15) is 9.50 Å². The van der Waals surface area contributed by atoms with Gasteiger partial charge >= 0.3 is 0 Å². The summed E-state index contributed by atoms with van der Waals surface area (Å²) in [5, 5.41) is 6.89. The molecule has 1 aromatic carbocycles. The number of nitrogens with zero attached hydrogens (tertiary/aromatic N) is 3. The van der Waals surface area contributed by atoms with E-state index in [0.29, 0.717) is 34.4 Å². The lowest BCUT2D eigenvalue weighted by Gasteiger charge is -2.05. The minimum Gasteiger partial charge on any atom is -0.378 e. The normalized spacial score (nSPS) is 11.1. The molecule has 3 aromatic rings. The number of anilines is 1. The molecule has 0 aliphatic carbocycles. The number of aryl methyl sites for hydroxylation is 2. The van der Waals surface area contributed by atoms with Crippen molar-refractivity contribution >= 4 is 23.1 Å². The molecule has 0 aliphatic rings.